The lowest BCUT2D eigenvalue weighted by atomic mass is 9.99. The number of carbonyl (C=O) groups is 1. The molecular formula is C21H34N2O4S. The van der Waals surface area contributed by atoms with Crippen molar-refractivity contribution in [3.8, 4) is 0 Å². The lowest BCUT2D eigenvalue weighted by Crippen LogP contribution is -2.48. The van der Waals surface area contributed by atoms with Crippen LogP contribution in [0.1, 0.15) is 63.7 Å². The zero-order valence-electron chi connectivity index (χ0n) is 17.5. The van der Waals surface area contributed by atoms with E-state index in [-0.39, 0.29) is 23.0 Å². The van der Waals surface area contributed by atoms with Gasteiger partial charge in [-0.25, -0.2) is 8.42 Å². The molecule has 3 atom stereocenters. The van der Waals surface area contributed by atoms with E-state index < -0.39 is 10.0 Å². The van der Waals surface area contributed by atoms with Crippen LogP contribution >= 0.6 is 0 Å². The third-order valence-corrected chi connectivity index (χ3v) is 7.08. The van der Waals surface area contributed by atoms with Crippen molar-refractivity contribution in [1.82, 2.24) is 9.62 Å². The van der Waals surface area contributed by atoms with Gasteiger partial charge in [-0.15, -0.1) is 0 Å². The monoisotopic (exact) mass is 410 g/mol. The molecule has 1 aromatic rings. The quantitative estimate of drug-likeness (QED) is 0.677. The average Bonchev–Trinajstić information content (AvgIpc) is 2.67. The number of sulfonamides is 1. The van der Waals surface area contributed by atoms with Crippen LogP contribution in [-0.4, -0.2) is 50.5 Å². The van der Waals surface area contributed by atoms with Gasteiger partial charge in [-0.2, -0.15) is 4.31 Å². The summed E-state index contributed by atoms with van der Waals surface area (Å²) in [7, 11) is -3.59. The molecule has 1 aromatic carbocycles. The maximum atomic E-state index is 12.9. The van der Waals surface area contributed by atoms with Gasteiger partial charge in [0.05, 0.1) is 17.1 Å². The van der Waals surface area contributed by atoms with Gasteiger partial charge >= 0.3 is 0 Å². The third kappa shape index (κ3) is 6.03. The molecule has 1 N–H and O–H groups in total. The van der Waals surface area contributed by atoms with Gasteiger partial charge in [0, 0.05) is 25.2 Å². The van der Waals surface area contributed by atoms with Crippen LogP contribution in [0.25, 0.3) is 0 Å². The van der Waals surface area contributed by atoms with E-state index in [4.69, 9.17) is 4.74 Å². The molecule has 0 saturated carbocycles. The van der Waals surface area contributed by atoms with Crippen molar-refractivity contribution in [2.24, 2.45) is 5.92 Å². The van der Waals surface area contributed by atoms with E-state index in [1.54, 1.807) is 12.1 Å². The Morgan fingerprint density at radius 1 is 1.18 bits per heavy atom. The fraction of sp³-hybridized carbons (Fsp3) is 0.667. The molecule has 7 heteroatoms. The number of nitrogens with one attached hydrogen (secondary N) is 1. The molecule has 1 fully saturated rings. The van der Waals surface area contributed by atoms with Crippen LogP contribution in [0.3, 0.4) is 0 Å². The Morgan fingerprint density at radius 2 is 1.79 bits per heavy atom. The highest BCUT2D eigenvalue weighted by Gasteiger charge is 2.32. The molecule has 0 bridgehead atoms. The fourth-order valence-corrected chi connectivity index (χ4v) is 5.13. The normalized spacial score (nSPS) is 22.0. The Morgan fingerprint density at radius 3 is 2.32 bits per heavy atom. The van der Waals surface area contributed by atoms with Gasteiger partial charge in [0.1, 0.15) is 0 Å². The van der Waals surface area contributed by atoms with Crippen molar-refractivity contribution in [2.45, 2.75) is 70.5 Å². The molecule has 6 nitrogen and oxygen atoms in total. The minimum atomic E-state index is -3.59. The van der Waals surface area contributed by atoms with Crippen molar-refractivity contribution in [2.75, 3.05) is 19.6 Å². The highest BCUT2D eigenvalue weighted by Crippen LogP contribution is 2.21. The predicted octanol–water partition coefficient (Wildman–Crippen LogP) is 3.43. The predicted molar refractivity (Wildman–Crippen MR) is 111 cm³/mol. The summed E-state index contributed by atoms with van der Waals surface area (Å²) < 4.78 is 32.8. The largest absolute Gasteiger partial charge is 0.373 e. The molecule has 158 valence electrons. The molecule has 0 aliphatic carbocycles. The van der Waals surface area contributed by atoms with E-state index in [0.29, 0.717) is 31.1 Å². The second-order valence-electron chi connectivity index (χ2n) is 7.73. The van der Waals surface area contributed by atoms with Gasteiger partial charge in [-0.05, 0) is 50.5 Å². The van der Waals surface area contributed by atoms with Crippen LogP contribution in [-0.2, 0) is 14.8 Å². The van der Waals surface area contributed by atoms with Crippen LogP contribution < -0.4 is 5.32 Å². The molecule has 0 aromatic heterocycles. The average molecular weight is 411 g/mol. The first-order valence-corrected chi connectivity index (χ1v) is 11.8. The van der Waals surface area contributed by atoms with Crippen LogP contribution in [0.4, 0.5) is 0 Å². The maximum Gasteiger partial charge on any atom is 0.251 e. The minimum absolute atomic E-state index is 0.136. The summed E-state index contributed by atoms with van der Waals surface area (Å²) in [6.07, 6.45) is 4.20. The molecule has 1 saturated heterocycles. The van der Waals surface area contributed by atoms with E-state index in [1.807, 2.05) is 13.8 Å². The van der Waals surface area contributed by atoms with Gasteiger partial charge in [-0.3, -0.25) is 4.79 Å². The third-order valence-electron chi connectivity index (χ3n) is 5.23. The van der Waals surface area contributed by atoms with Crippen molar-refractivity contribution >= 4 is 15.9 Å². The summed E-state index contributed by atoms with van der Waals surface area (Å²) in [6, 6.07) is 6.21. The first kappa shape index (κ1) is 22.8. The summed E-state index contributed by atoms with van der Waals surface area (Å²) in [4.78, 5) is 12.6. The number of nitrogens with zero attached hydrogens (tertiary/aromatic N) is 1. The summed E-state index contributed by atoms with van der Waals surface area (Å²) in [5, 5.41) is 2.98. The van der Waals surface area contributed by atoms with Crippen molar-refractivity contribution in [3.05, 3.63) is 29.8 Å². The molecule has 1 heterocycles. The van der Waals surface area contributed by atoms with Crippen molar-refractivity contribution in [3.63, 3.8) is 0 Å². The number of amides is 1. The number of benzene rings is 1. The number of rotatable bonds is 9. The van der Waals surface area contributed by atoms with Gasteiger partial charge in [0.15, 0.2) is 0 Å². The van der Waals surface area contributed by atoms with Crippen LogP contribution in [0.5, 0.6) is 0 Å². The Bertz CT molecular complexity index is 723. The molecular weight excluding hydrogens is 376 g/mol. The summed E-state index contributed by atoms with van der Waals surface area (Å²) in [5.74, 6) is 0.321. The number of hydrogen-bond acceptors (Lipinski definition) is 4. The standard InChI is InChI=1S/C21H34N2O4S/c1-5-7-8-18(6-2)13-22-21(24)19-9-11-20(12-10-19)28(25,26)23-14-16(3)27-17(4)15-23/h9-12,16-18H,5-8,13-15H2,1-4H3,(H,22,24)/t16-,17-,18+/m1/s1. The van der Waals surface area contributed by atoms with E-state index >= 15 is 0 Å². The van der Waals surface area contributed by atoms with Gasteiger partial charge in [-0.1, -0.05) is 33.1 Å². The number of hydrogen-bond donors (Lipinski definition) is 1. The lowest BCUT2D eigenvalue weighted by Gasteiger charge is -2.34. The van der Waals surface area contributed by atoms with Gasteiger partial charge < -0.3 is 10.1 Å². The number of ether oxygens (including phenoxy) is 1. The lowest BCUT2D eigenvalue weighted by molar-refractivity contribution is -0.0440. The topological polar surface area (TPSA) is 75.7 Å². The van der Waals surface area contributed by atoms with Crippen molar-refractivity contribution in [1.29, 1.82) is 0 Å². The zero-order chi connectivity index (χ0) is 20.7. The van der Waals surface area contributed by atoms with Gasteiger partial charge in [0.25, 0.3) is 5.91 Å². The molecule has 2 rings (SSSR count). The first-order valence-electron chi connectivity index (χ1n) is 10.3. The maximum absolute atomic E-state index is 12.9. The smallest absolute Gasteiger partial charge is 0.251 e. The van der Waals surface area contributed by atoms with Crippen LogP contribution in [0.15, 0.2) is 29.2 Å². The van der Waals surface area contributed by atoms with E-state index in [0.717, 1.165) is 19.3 Å². The fourth-order valence-electron chi connectivity index (χ4n) is 3.54. The molecule has 28 heavy (non-hydrogen) atoms. The van der Waals surface area contributed by atoms with E-state index in [1.165, 1.54) is 22.9 Å². The number of morpholine rings is 1. The summed E-state index contributed by atoms with van der Waals surface area (Å²) >= 11 is 0. The Hall–Kier alpha value is -1.44. The Balaban J connectivity index is 2.01. The molecule has 0 unspecified atom stereocenters. The Kier molecular flexibility index (Phi) is 8.46. The summed E-state index contributed by atoms with van der Waals surface area (Å²) in [5.41, 5.74) is 0.480. The SMILES string of the molecule is CCCC[C@H](CC)CNC(=O)c1ccc(S(=O)(=O)N2C[C@@H](C)O[C@H](C)C2)cc1. The van der Waals surface area contributed by atoms with Crippen molar-refractivity contribution < 1.29 is 17.9 Å². The number of unbranched alkanes of at least 4 members (excludes halogenated alkanes) is 1. The molecule has 1 aliphatic heterocycles. The molecule has 0 radical (unpaired) electrons. The zero-order valence-corrected chi connectivity index (χ0v) is 18.3. The highest BCUT2D eigenvalue weighted by molar-refractivity contribution is 7.89. The second kappa shape index (κ2) is 10.4. The second-order valence-corrected chi connectivity index (χ2v) is 9.67. The Labute approximate surface area is 169 Å². The van der Waals surface area contributed by atoms with Gasteiger partial charge in [0.2, 0.25) is 10.0 Å². The summed E-state index contributed by atoms with van der Waals surface area (Å²) in [6.45, 7) is 9.37. The van der Waals surface area contributed by atoms with Crippen LogP contribution in [0, 0.1) is 5.92 Å². The highest BCUT2D eigenvalue weighted by atomic mass is 32.2. The molecule has 1 amide bonds. The van der Waals surface area contributed by atoms with E-state index in [9.17, 15) is 13.2 Å². The van der Waals surface area contributed by atoms with E-state index in [2.05, 4.69) is 19.2 Å². The first-order chi connectivity index (χ1) is 13.3. The number of carbonyl (C=O) groups excluding carboxylic acids is 1. The minimum Gasteiger partial charge on any atom is -0.373 e. The van der Waals surface area contributed by atoms with Crippen LogP contribution in [0.2, 0.25) is 0 Å². The molecule has 0 spiro atoms. The molecule has 1 aliphatic rings.